The van der Waals surface area contributed by atoms with Crippen molar-refractivity contribution in [3.05, 3.63) is 53.9 Å². The van der Waals surface area contributed by atoms with E-state index in [4.69, 9.17) is 10.00 Å². The van der Waals surface area contributed by atoms with Crippen LogP contribution in [0.3, 0.4) is 0 Å². The van der Waals surface area contributed by atoms with E-state index in [0.717, 1.165) is 0 Å². The van der Waals surface area contributed by atoms with Crippen molar-refractivity contribution in [2.45, 2.75) is 0 Å². The van der Waals surface area contributed by atoms with E-state index < -0.39 is 9.84 Å². The van der Waals surface area contributed by atoms with E-state index in [1.54, 1.807) is 29.2 Å². The van der Waals surface area contributed by atoms with Crippen molar-refractivity contribution in [2.24, 2.45) is 7.05 Å². The number of pyridine rings is 1. The van der Waals surface area contributed by atoms with Crippen LogP contribution in [0.1, 0.15) is 15.9 Å². The Kier molecular flexibility index (Phi) is 4.72. The van der Waals surface area contributed by atoms with Gasteiger partial charge in [0.2, 0.25) is 5.88 Å². The van der Waals surface area contributed by atoms with Gasteiger partial charge >= 0.3 is 0 Å². The molecule has 3 heterocycles. The van der Waals surface area contributed by atoms with Gasteiger partial charge in [0.15, 0.2) is 9.84 Å². The first-order valence-corrected chi connectivity index (χ1v) is 10.8. The first-order valence-electron chi connectivity index (χ1n) is 9.00. The number of benzene rings is 1. The summed E-state index contributed by atoms with van der Waals surface area (Å²) in [5, 5.41) is 9.71. The van der Waals surface area contributed by atoms with Crippen molar-refractivity contribution in [3.8, 4) is 17.7 Å². The van der Waals surface area contributed by atoms with Crippen LogP contribution in [0.25, 0.3) is 10.9 Å². The first-order chi connectivity index (χ1) is 13.9. The maximum Gasteiger partial charge on any atom is 0.257 e. The summed E-state index contributed by atoms with van der Waals surface area (Å²) in [6, 6.07) is 10.6. The molecule has 0 saturated carbocycles. The number of nitriles is 1. The highest BCUT2D eigenvalue weighted by Gasteiger charge is 2.28. The van der Waals surface area contributed by atoms with Crippen LogP contribution in [0.2, 0.25) is 0 Å². The minimum atomic E-state index is -3.08. The quantitative estimate of drug-likeness (QED) is 0.655. The van der Waals surface area contributed by atoms with Crippen LogP contribution in [0.4, 0.5) is 0 Å². The van der Waals surface area contributed by atoms with E-state index >= 15 is 0 Å². The molecular weight excluding hydrogens is 392 g/mol. The number of carbonyl (C=O) groups is 1. The van der Waals surface area contributed by atoms with Gasteiger partial charge in [-0.2, -0.15) is 5.26 Å². The summed E-state index contributed by atoms with van der Waals surface area (Å²) in [6.07, 6.45) is 3.26. The largest absolute Gasteiger partial charge is 0.438 e. The lowest BCUT2D eigenvalue weighted by molar-refractivity contribution is 0.0771. The van der Waals surface area contributed by atoms with Gasteiger partial charge in [0, 0.05) is 32.5 Å². The Bertz CT molecular complexity index is 1240. The van der Waals surface area contributed by atoms with Crippen LogP contribution >= 0.6 is 0 Å². The third kappa shape index (κ3) is 3.67. The highest BCUT2D eigenvalue weighted by Crippen LogP contribution is 2.31. The molecule has 1 amide bonds. The predicted octanol–water partition coefficient (Wildman–Crippen LogP) is 2.11. The van der Waals surface area contributed by atoms with Crippen LogP contribution < -0.4 is 4.74 Å². The van der Waals surface area contributed by atoms with Crippen LogP contribution in [0.15, 0.2) is 42.7 Å². The molecule has 0 N–H and O–H groups in total. The third-order valence-corrected chi connectivity index (χ3v) is 6.52. The molecule has 148 valence electrons. The maximum atomic E-state index is 13.0. The Balaban J connectivity index is 1.69. The lowest BCUT2D eigenvalue weighted by Gasteiger charge is -2.27. The number of hydrogen-bond acceptors (Lipinski definition) is 6. The van der Waals surface area contributed by atoms with Gasteiger partial charge in [0.1, 0.15) is 5.75 Å². The van der Waals surface area contributed by atoms with Crippen molar-refractivity contribution in [2.75, 3.05) is 24.6 Å². The minimum absolute atomic E-state index is 0.0289. The number of rotatable bonds is 3. The van der Waals surface area contributed by atoms with Gasteiger partial charge in [-0.3, -0.25) is 4.79 Å². The SMILES string of the molecule is Cn1ccc2c(Oc3cccc(C#N)c3)ncc(C(=O)N3CCS(=O)(=O)CC3)c21. The van der Waals surface area contributed by atoms with E-state index in [-0.39, 0.29) is 30.5 Å². The zero-order valence-corrected chi connectivity index (χ0v) is 16.5. The number of carbonyl (C=O) groups excluding carboxylic acids is 1. The van der Waals surface area contributed by atoms with Crippen LogP contribution in [-0.4, -0.2) is 53.4 Å². The third-order valence-electron chi connectivity index (χ3n) is 4.91. The molecular formula is C20H18N4O4S. The molecule has 0 radical (unpaired) electrons. The van der Waals surface area contributed by atoms with Crippen molar-refractivity contribution in [1.82, 2.24) is 14.5 Å². The fourth-order valence-corrected chi connectivity index (χ4v) is 4.56. The van der Waals surface area contributed by atoms with Gasteiger partial charge in [-0.05, 0) is 24.3 Å². The highest BCUT2D eigenvalue weighted by molar-refractivity contribution is 7.91. The first kappa shape index (κ1) is 19.0. The van der Waals surface area contributed by atoms with Gasteiger partial charge in [0.25, 0.3) is 5.91 Å². The summed E-state index contributed by atoms with van der Waals surface area (Å²) in [7, 11) is -1.26. The fraction of sp³-hybridized carbons (Fsp3) is 0.250. The minimum Gasteiger partial charge on any atom is -0.438 e. The molecule has 8 nitrogen and oxygen atoms in total. The smallest absolute Gasteiger partial charge is 0.257 e. The van der Waals surface area contributed by atoms with Gasteiger partial charge in [-0.15, -0.1) is 0 Å². The molecule has 0 atom stereocenters. The van der Waals surface area contributed by atoms with E-state index in [1.165, 1.54) is 6.20 Å². The van der Waals surface area contributed by atoms with E-state index in [0.29, 0.717) is 33.7 Å². The monoisotopic (exact) mass is 410 g/mol. The van der Waals surface area contributed by atoms with Crippen LogP contribution in [0, 0.1) is 11.3 Å². The number of aryl methyl sites for hydroxylation is 1. The number of fused-ring (bicyclic) bond motifs is 1. The summed E-state index contributed by atoms with van der Waals surface area (Å²) in [6.45, 7) is 0.346. The Hall–Kier alpha value is -3.38. The lowest BCUT2D eigenvalue weighted by atomic mass is 10.1. The van der Waals surface area contributed by atoms with Crippen LogP contribution in [0.5, 0.6) is 11.6 Å². The molecule has 1 saturated heterocycles. The fourth-order valence-electron chi connectivity index (χ4n) is 3.36. The van der Waals surface area contributed by atoms with Crippen molar-refractivity contribution < 1.29 is 17.9 Å². The molecule has 3 aromatic rings. The van der Waals surface area contributed by atoms with Gasteiger partial charge in [0.05, 0.1) is 39.6 Å². The number of nitrogens with zero attached hydrogens (tertiary/aromatic N) is 4. The van der Waals surface area contributed by atoms with E-state index in [2.05, 4.69) is 11.1 Å². The molecule has 1 aliphatic heterocycles. The Morgan fingerprint density at radius 2 is 2.00 bits per heavy atom. The summed E-state index contributed by atoms with van der Waals surface area (Å²) in [4.78, 5) is 18.9. The number of sulfone groups is 1. The normalized spacial score (nSPS) is 15.8. The van der Waals surface area contributed by atoms with Gasteiger partial charge < -0.3 is 14.2 Å². The topological polar surface area (TPSA) is 105 Å². The zero-order valence-electron chi connectivity index (χ0n) is 15.7. The van der Waals surface area contributed by atoms with Crippen molar-refractivity contribution >= 4 is 26.6 Å². The number of ether oxygens (including phenoxy) is 1. The zero-order chi connectivity index (χ0) is 20.6. The van der Waals surface area contributed by atoms with Crippen molar-refractivity contribution in [1.29, 1.82) is 5.26 Å². The molecule has 0 aliphatic carbocycles. The summed E-state index contributed by atoms with van der Waals surface area (Å²) in [5.74, 6) is 0.491. The number of aromatic nitrogens is 2. The second-order valence-electron chi connectivity index (χ2n) is 6.85. The number of amides is 1. The Morgan fingerprint density at radius 1 is 1.24 bits per heavy atom. The van der Waals surface area contributed by atoms with Crippen LogP contribution in [-0.2, 0) is 16.9 Å². The molecule has 1 aliphatic rings. The summed E-state index contributed by atoms with van der Waals surface area (Å²) >= 11 is 0. The van der Waals surface area contributed by atoms with E-state index in [1.807, 2.05) is 23.9 Å². The van der Waals surface area contributed by atoms with Gasteiger partial charge in [-0.25, -0.2) is 13.4 Å². The predicted molar refractivity (Wildman–Crippen MR) is 107 cm³/mol. The summed E-state index contributed by atoms with van der Waals surface area (Å²) in [5.41, 5.74) is 1.52. The Morgan fingerprint density at radius 3 is 2.72 bits per heavy atom. The molecule has 0 unspecified atom stereocenters. The maximum absolute atomic E-state index is 13.0. The average Bonchev–Trinajstić information content (AvgIpc) is 3.10. The van der Waals surface area contributed by atoms with E-state index in [9.17, 15) is 13.2 Å². The molecule has 9 heteroatoms. The number of hydrogen-bond donors (Lipinski definition) is 0. The molecule has 0 spiro atoms. The highest BCUT2D eigenvalue weighted by atomic mass is 32.2. The second-order valence-corrected chi connectivity index (χ2v) is 9.16. The summed E-state index contributed by atoms with van der Waals surface area (Å²) < 4.78 is 31.0. The standard InChI is InChI=1S/C20H18N4O4S/c1-23-6-5-16-18(23)17(20(25)24-7-9-29(26,27)10-8-24)13-22-19(16)28-15-4-2-3-14(11-15)12-21/h2-6,11,13H,7-10H2,1H3. The molecule has 29 heavy (non-hydrogen) atoms. The molecule has 4 rings (SSSR count). The van der Waals surface area contributed by atoms with Crippen molar-refractivity contribution in [3.63, 3.8) is 0 Å². The lowest BCUT2D eigenvalue weighted by Crippen LogP contribution is -2.43. The Labute approximate surface area is 167 Å². The van der Waals surface area contributed by atoms with Gasteiger partial charge in [-0.1, -0.05) is 6.07 Å². The molecule has 1 aromatic carbocycles. The average molecular weight is 410 g/mol. The molecule has 0 bridgehead atoms. The second kappa shape index (κ2) is 7.22. The molecule has 2 aromatic heterocycles. The molecule has 1 fully saturated rings.